The third kappa shape index (κ3) is 4.48. The van der Waals surface area contributed by atoms with Gasteiger partial charge in [0.15, 0.2) is 0 Å². The molecule has 0 heterocycles. The first-order valence-electron chi connectivity index (χ1n) is 5.80. The molecule has 0 saturated carbocycles. The van der Waals surface area contributed by atoms with Crippen molar-refractivity contribution in [3.63, 3.8) is 0 Å². The van der Waals surface area contributed by atoms with Gasteiger partial charge in [0.1, 0.15) is 0 Å². The van der Waals surface area contributed by atoms with E-state index in [1.807, 2.05) is 19.1 Å². The predicted octanol–water partition coefficient (Wildman–Crippen LogP) is 3.12. The number of benzene rings is 1. The summed E-state index contributed by atoms with van der Waals surface area (Å²) in [7, 11) is 3.51. The zero-order valence-corrected chi connectivity index (χ0v) is 12.3. The zero-order chi connectivity index (χ0) is 13.7. The fourth-order valence-corrected chi connectivity index (χ4v) is 1.83. The van der Waals surface area contributed by atoms with Gasteiger partial charge in [0.2, 0.25) is 5.91 Å². The molecule has 1 amide bonds. The molecule has 1 rings (SSSR count). The second-order valence-electron chi connectivity index (χ2n) is 4.39. The number of amides is 1. The van der Waals surface area contributed by atoms with Crippen LogP contribution in [0.4, 0.5) is 0 Å². The van der Waals surface area contributed by atoms with Crippen molar-refractivity contribution < 1.29 is 4.79 Å². The quantitative estimate of drug-likeness (QED) is 0.903. The number of carbonyl (C=O) groups excluding carboxylic acids is 1. The van der Waals surface area contributed by atoms with Crippen molar-refractivity contribution in [3.8, 4) is 0 Å². The van der Waals surface area contributed by atoms with Gasteiger partial charge >= 0.3 is 0 Å². The highest BCUT2D eigenvalue weighted by atomic mass is 35.5. The Bertz CT molecular complexity index is 421. The van der Waals surface area contributed by atoms with E-state index in [0.29, 0.717) is 23.0 Å². The van der Waals surface area contributed by atoms with E-state index in [0.717, 1.165) is 5.56 Å². The topological polar surface area (TPSA) is 32.3 Å². The number of halogens is 2. The summed E-state index contributed by atoms with van der Waals surface area (Å²) < 4.78 is 0. The van der Waals surface area contributed by atoms with Gasteiger partial charge in [-0.15, -0.1) is 0 Å². The molecule has 0 fully saturated rings. The molecule has 1 N–H and O–H groups in total. The first-order chi connectivity index (χ1) is 8.41. The summed E-state index contributed by atoms with van der Waals surface area (Å²) in [5.74, 6) is 0.115. The predicted molar refractivity (Wildman–Crippen MR) is 76.2 cm³/mol. The molecule has 0 spiro atoms. The Kier molecular flexibility index (Phi) is 5.93. The molecule has 0 saturated heterocycles. The maximum atomic E-state index is 11.4. The highest BCUT2D eigenvalue weighted by Gasteiger charge is 2.09. The minimum absolute atomic E-state index is 0.115. The van der Waals surface area contributed by atoms with Crippen LogP contribution in [0.3, 0.4) is 0 Å². The summed E-state index contributed by atoms with van der Waals surface area (Å²) in [6.07, 6.45) is 0.485. The molecule has 3 nitrogen and oxygen atoms in total. The Balaban J connectivity index is 2.48. The molecule has 1 aromatic carbocycles. The first-order valence-corrected chi connectivity index (χ1v) is 6.56. The number of nitrogens with one attached hydrogen (secondary N) is 1. The van der Waals surface area contributed by atoms with E-state index >= 15 is 0 Å². The van der Waals surface area contributed by atoms with Crippen LogP contribution < -0.4 is 5.32 Å². The largest absolute Gasteiger partial charge is 0.349 e. The van der Waals surface area contributed by atoms with E-state index in [1.165, 1.54) is 0 Å². The van der Waals surface area contributed by atoms with Crippen LogP contribution in [-0.2, 0) is 4.79 Å². The van der Waals surface area contributed by atoms with Gasteiger partial charge in [-0.25, -0.2) is 0 Å². The van der Waals surface area contributed by atoms with Gasteiger partial charge in [0, 0.05) is 33.1 Å². The maximum absolute atomic E-state index is 11.4. The molecule has 0 bridgehead atoms. The Morgan fingerprint density at radius 1 is 1.33 bits per heavy atom. The van der Waals surface area contributed by atoms with Crippen LogP contribution in [0.1, 0.15) is 24.9 Å². The van der Waals surface area contributed by atoms with E-state index in [9.17, 15) is 4.79 Å². The summed E-state index contributed by atoms with van der Waals surface area (Å²) in [5, 5.41) is 4.38. The van der Waals surface area contributed by atoms with Crippen LogP contribution in [0.5, 0.6) is 0 Å². The van der Waals surface area contributed by atoms with Crippen LogP contribution in [0.25, 0.3) is 0 Å². The fraction of sp³-hybridized carbons (Fsp3) is 0.462. The van der Waals surface area contributed by atoms with Gasteiger partial charge in [0.05, 0.1) is 10.0 Å². The smallest absolute Gasteiger partial charge is 0.223 e. The summed E-state index contributed by atoms with van der Waals surface area (Å²) in [6.45, 7) is 2.66. The minimum Gasteiger partial charge on any atom is -0.349 e. The molecule has 18 heavy (non-hydrogen) atoms. The fourth-order valence-electron chi connectivity index (χ4n) is 1.52. The van der Waals surface area contributed by atoms with Crippen LogP contribution >= 0.6 is 23.2 Å². The number of nitrogens with zero attached hydrogens (tertiary/aromatic N) is 1. The van der Waals surface area contributed by atoms with E-state index in [1.54, 1.807) is 25.1 Å². The summed E-state index contributed by atoms with van der Waals surface area (Å²) in [4.78, 5) is 13.0. The summed E-state index contributed by atoms with van der Waals surface area (Å²) in [5.41, 5.74) is 1.06. The number of carbonyl (C=O) groups is 1. The standard InChI is InChI=1S/C13H18Cl2N2O/c1-9(16-7-6-13(18)17(2)3)10-4-5-11(14)12(15)8-10/h4-5,8-9,16H,6-7H2,1-3H3. The Labute approximate surface area is 118 Å². The average molecular weight is 289 g/mol. The van der Waals surface area contributed by atoms with Gasteiger partial charge in [-0.3, -0.25) is 4.79 Å². The first kappa shape index (κ1) is 15.3. The normalized spacial score (nSPS) is 12.3. The highest BCUT2D eigenvalue weighted by Crippen LogP contribution is 2.25. The lowest BCUT2D eigenvalue weighted by Crippen LogP contribution is -2.28. The Hall–Kier alpha value is -0.770. The minimum atomic E-state index is 0.115. The second kappa shape index (κ2) is 6.98. The zero-order valence-electron chi connectivity index (χ0n) is 10.8. The van der Waals surface area contributed by atoms with Gasteiger partial charge in [-0.05, 0) is 24.6 Å². The third-order valence-corrected chi connectivity index (χ3v) is 3.47. The van der Waals surface area contributed by atoms with Gasteiger partial charge < -0.3 is 10.2 Å². The van der Waals surface area contributed by atoms with Gasteiger partial charge in [-0.1, -0.05) is 29.3 Å². The summed E-state index contributed by atoms with van der Waals surface area (Å²) in [6, 6.07) is 5.69. The lowest BCUT2D eigenvalue weighted by atomic mass is 10.1. The third-order valence-electron chi connectivity index (χ3n) is 2.73. The van der Waals surface area contributed by atoms with Crippen LogP contribution in [0.15, 0.2) is 18.2 Å². The highest BCUT2D eigenvalue weighted by molar-refractivity contribution is 6.42. The number of hydrogen-bond donors (Lipinski definition) is 1. The average Bonchev–Trinajstić information content (AvgIpc) is 2.32. The number of hydrogen-bond acceptors (Lipinski definition) is 2. The van der Waals surface area contributed by atoms with Crippen molar-refractivity contribution in [1.82, 2.24) is 10.2 Å². The Morgan fingerprint density at radius 2 is 2.00 bits per heavy atom. The lowest BCUT2D eigenvalue weighted by Gasteiger charge is -2.16. The molecule has 0 radical (unpaired) electrons. The SMILES string of the molecule is CC(NCCC(=O)N(C)C)c1ccc(Cl)c(Cl)c1. The van der Waals surface area contributed by atoms with Crippen molar-refractivity contribution >= 4 is 29.1 Å². The van der Waals surface area contributed by atoms with E-state index in [4.69, 9.17) is 23.2 Å². The molecule has 100 valence electrons. The molecule has 0 aliphatic rings. The molecule has 0 aliphatic carbocycles. The van der Waals surface area contributed by atoms with E-state index in [2.05, 4.69) is 5.32 Å². The second-order valence-corrected chi connectivity index (χ2v) is 5.20. The molecule has 5 heteroatoms. The van der Waals surface area contributed by atoms with E-state index < -0.39 is 0 Å². The van der Waals surface area contributed by atoms with Crippen LogP contribution in [0, 0.1) is 0 Å². The maximum Gasteiger partial charge on any atom is 0.223 e. The lowest BCUT2D eigenvalue weighted by molar-refractivity contribution is -0.128. The summed E-state index contributed by atoms with van der Waals surface area (Å²) >= 11 is 11.8. The van der Waals surface area contributed by atoms with Crippen molar-refractivity contribution in [3.05, 3.63) is 33.8 Å². The molecule has 1 unspecified atom stereocenters. The molecular formula is C13H18Cl2N2O. The van der Waals surface area contributed by atoms with Crippen LogP contribution in [-0.4, -0.2) is 31.4 Å². The van der Waals surface area contributed by atoms with Crippen molar-refractivity contribution in [1.29, 1.82) is 0 Å². The van der Waals surface area contributed by atoms with Crippen LogP contribution in [0.2, 0.25) is 10.0 Å². The van der Waals surface area contributed by atoms with Gasteiger partial charge in [-0.2, -0.15) is 0 Å². The molecule has 0 aromatic heterocycles. The monoisotopic (exact) mass is 288 g/mol. The molecule has 1 aromatic rings. The van der Waals surface area contributed by atoms with Gasteiger partial charge in [0.25, 0.3) is 0 Å². The van der Waals surface area contributed by atoms with Crippen molar-refractivity contribution in [2.75, 3.05) is 20.6 Å². The molecular weight excluding hydrogens is 271 g/mol. The molecule has 1 atom stereocenters. The Morgan fingerprint density at radius 3 is 2.56 bits per heavy atom. The molecule has 0 aliphatic heterocycles. The number of rotatable bonds is 5. The van der Waals surface area contributed by atoms with Crippen molar-refractivity contribution in [2.24, 2.45) is 0 Å². The van der Waals surface area contributed by atoms with E-state index in [-0.39, 0.29) is 11.9 Å². The van der Waals surface area contributed by atoms with Crippen molar-refractivity contribution in [2.45, 2.75) is 19.4 Å².